The number of aromatic nitrogens is 4. The van der Waals surface area contributed by atoms with E-state index in [2.05, 4.69) is 43.4 Å². The minimum Gasteiger partial charge on any atom is -0.490 e. The molecule has 1 amide bonds. The van der Waals surface area contributed by atoms with Gasteiger partial charge >= 0.3 is 0 Å². The molecule has 11 heteroatoms. The van der Waals surface area contributed by atoms with E-state index in [4.69, 9.17) is 24.2 Å². The molecule has 2 N–H and O–H groups in total. The van der Waals surface area contributed by atoms with E-state index in [9.17, 15) is 4.79 Å². The zero-order chi connectivity index (χ0) is 27.7. The Hall–Kier alpha value is -3.21. The van der Waals surface area contributed by atoms with E-state index in [1.807, 2.05) is 20.8 Å². The predicted molar refractivity (Wildman–Crippen MR) is 152 cm³/mol. The lowest BCUT2D eigenvalue weighted by molar-refractivity contribution is 0.0951. The van der Waals surface area contributed by atoms with E-state index in [0.29, 0.717) is 72.0 Å². The quantitative estimate of drug-likeness (QED) is 0.201. The number of carbonyl (C=O) groups excluding carboxylic acids is 1. The number of thioether (sulfide) groups is 1. The largest absolute Gasteiger partial charge is 0.490 e. The minimum atomic E-state index is -0.239. The molecule has 0 radical (unpaired) electrons. The molecule has 0 fully saturated rings. The summed E-state index contributed by atoms with van der Waals surface area (Å²) in [6.07, 6.45) is 1.78. The Morgan fingerprint density at radius 2 is 1.66 bits per heavy atom. The average Bonchev–Trinajstić information content (AvgIpc) is 3.27. The van der Waals surface area contributed by atoms with Gasteiger partial charge < -0.3 is 24.8 Å². The Morgan fingerprint density at radius 1 is 1.00 bits per heavy atom. The highest BCUT2D eigenvalue weighted by molar-refractivity contribution is 7.99. The summed E-state index contributed by atoms with van der Waals surface area (Å²) in [5, 5.41) is 12.9. The number of nitrogens with one attached hydrogen (secondary N) is 2. The van der Waals surface area contributed by atoms with Crippen molar-refractivity contribution < 1.29 is 19.0 Å². The molecular weight excluding hydrogens is 504 g/mol. The molecule has 0 aliphatic carbocycles. The molecule has 0 atom stereocenters. The monoisotopic (exact) mass is 544 g/mol. The molecule has 0 aliphatic heterocycles. The number of hydrogen-bond donors (Lipinski definition) is 2. The van der Waals surface area contributed by atoms with E-state index in [-0.39, 0.29) is 5.91 Å². The fourth-order valence-corrected chi connectivity index (χ4v) is 4.40. The number of benzene rings is 1. The van der Waals surface area contributed by atoms with E-state index in [1.54, 1.807) is 34.8 Å². The zero-order valence-electron chi connectivity index (χ0n) is 23.5. The first kappa shape index (κ1) is 29.3. The van der Waals surface area contributed by atoms with Crippen molar-refractivity contribution in [3.8, 4) is 17.2 Å². The summed E-state index contributed by atoms with van der Waals surface area (Å²) in [5.74, 6) is 2.49. The second-order valence-corrected chi connectivity index (χ2v) is 10.8. The third kappa shape index (κ3) is 7.66. The van der Waals surface area contributed by atoms with Crippen molar-refractivity contribution in [2.75, 3.05) is 38.2 Å². The normalized spacial score (nSPS) is 11.3. The maximum absolute atomic E-state index is 13.1. The minimum absolute atomic E-state index is 0.239. The topological polar surface area (TPSA) is 112 Å². The van der Waals surface area contributed by atoms with E-state index < -0.39 is 0 Å². The van der Waals surface area contributed by atoms with Crippen LogP contribution in [0.1, 0.15) is 58.8 Å². The first-order valence-corrected chi connectivity index (χ1v) is 14.1. The Kier molecular flexibility index (Phi) is 10.9. The summed E-state index contributed by atoms with van der Waals surface area (Å²) in [7, 11) is 0. The summed E-state index contributed by atoms with van der Waals surface area (Å²) in [5.41, 5.74) is 1.17. The molecule has 0 unspecified atom stereocenters. The molecule has 1 aromatic carbocycles. The van der Waals surface area contributed by atoms with Crippen molar-refractivity contribution in [3.63, 3.8) is 0 Å². The van der Waals surface area contributed by atoms with Crippen LogP contribution in [0, 0.1) is 5.92 Å². The van der Waals surface area contributed by atoms with Crippen LogP contribution in [0.2, 0.25) is 0 Å². The van der Waals surface area contributed by atoms with Crippen LogP contribution in [0.4, 0.5) is 5.82 Å². The average molecular weight is 545 g/mol. The van der Waals surface area contributed by atoms with Crippen LogP contribution >= 0.6 is 11.8 Å². The molecule has 3 aromatic rings. The van der Waals surface area contributed by atoms with Gasteiger partial charge in [0.25, 0.3) is 5.91 Å². The van der Waals surface area contributed by atoms with Crippen molar-refractivity contribution in [2.24, 2.45) is 5.92 Å². The first-order valence-electron chi connectivity index (χ1n) is 13.3. The van der Waals surface area contributed by atoms with Crippen LogP contribution in [0.15, 0.2) is 23.5 Å². The number of nitrogens with zero attached hydrogens (tertiary/aromatic N) is 4. The number of hydrogen-bond acceptors (Lipinski definition) is 9. The third-order valence-electron chi connectivity index (χ3n) is 5.28. The summed E-state index contributed by atoms with van der Waals surface area (Å²) in [4.78, 5) is 22.6. The van der Waals surface area contributed by atoms with Gasteiger partial charge in [0.1, 0.15) is 5.82 Å². The van der Waals surface area contributed by atoms with Crippen LogP contribution in [-0.4, -0.2) is 63.8 Å². The molecule has 0 saturated heterocycles. The van der Waals surface area contributed by atoms with E-state index in [1.165, 1.54) is 0 Å². The van der Waals surface area contributed by atoms with Gasteiger partial charge in [0, 0.05) is 23.9 Å². The highest BCUT2D eigenvalue weighted by Crippen LogP contribution is 2.39. The summed E-state index contributed by atoms with van der Waals surface area (Å²) >= 11 is 1.61. The van der Waals surface area contributed by atoms with Crippen molar-refractivity contribution in [3.05, 3.63) is 23.9 Å². The second-order valence-electron chi connectivity index (χ2n) is 9.26. The van der Waals surface area contributed by atoms with Gasteiger partial charge in [0.05, 0.1) is 37.9 Å². The van der Waals surface area contributed by atoms with Crippen LogP contribution in [0.25, 0.3) is 11.0 Å². The fraction of sp³-hybridized carbons (Fsp3) is 0.556. The number of amides is 1. The van der Waals surface area contributed by atoms with Gasteiger partial charge in [-0.3, -0.25) is 4.79 Å². The standard InChI is InChI=1S/C27H40N6O4S/c1-8-35-21-13-19(14-22(36-9-2)23(21)37-10-3)26(34)28-11-12-33-25-20(16-30-33)24(29-15-17(4)5)31-27(32-25)38-18(6)7/h13-14,16-18H,8-12,15H2,1-7H3,(H,28,34)(H,29,31,32). The third-order valence-corrected chi connectivity index (χ3v) is 6.14. The number of anilines is 1. The van der Waals surface area contributed by atoms with E-state index >= 15 is 0 Å². The summed E-state index contributed by atoms with van der Waals surface area (Å²) < 4.78 is 19.0. The van der Waals surface area contributed by atoms with Crippen molar-refractivity contribution >= 4 is 34.5 Å². The van der Waals surface area contributed by atoms with Crippen LogP contribution < -0.4 is 24.8 Å². The van der Waals surface area contributed by atoms with E-state index in [0.717, 1.165) is 23.4 Å². The van der Waals surface area contributed by atoms with Gasteiger partial charge in [-0.25, -0.2) is 14.6 Å². The fourth-order valence-electron chi connectivity index (χ4n) is 3.70. The first-order chi connectivity index (χ1) is 18.3. The lowest BCUT2D eigenvalue weighted by atomic mass is 10.1. The molecule has 0 bridgehead atoms. The number of rotatable bonds is 15. The SMILES string of the molecule is CCOc1cc(C(=O)NCCn2ncc3c(NCC(C)C)nc(SC(C)C)nc32)cc(OCC)c1OCC. The lowest BCUT2D eigenvalue weighted by Gasteiger charge is -2.17. The Balaban J connectivity index is 1.79. The highest BCUT2D eigenvalue weighted by Gasteiger charge is 2.19. The van der Waals surface area contributed by atoms with Crippen LogP contribution in [0.5, 0.6) is 17.2 Å². The van der Waals surface area contributed by atoms with Gasteiger partial charge in [-0.1, -0.05) is 39.5 Å². The van der Waals surface area contributed by atoms with Crippen LogP contribution in [-0.2, 0) is 6.54 Å². The molecule has 38 heavy (non-hydrogen) atoms. The van der Waals surface area contributed by atoms with Gasteiger partial charge in [-0.05, 0) is 38.8 Å². The van der Waals surface area contributed by atoms with Gasteiger partial charge in [-0.2, -0.15) is 5.10 Å². The molecule has 2 heterocycles. The molecule has 2 aromatic heterocycles. The molecule has 0 saturated carbocycles. The molecule has 0 spiro atoms. The van der Waals surface area contributed by atoms with Gasteiger partial charge in [0.15, 0.2) is 22.3 Å². The van der Waals surface area contributed by atoms with Crippen molar-refractivity contribution in [1.29, 1.82) is 0 Å². The van der Waals surface area contributed by atoms with Crippen molar-refractivity contribution in [2.45, 2.75) is 65.4 Å². The summed E-state index contributed by atoms with van der Waals surface area (Å²) in [6.45, 7) is 17.1. The Labute approximate surface area is 229 Å². The van der Waals surface area contributed by atoms with Gasteiger partial charge in [-0.15, -0.1) is 0 Å². The zero-order valence-corrected chi connectivity index (χ0v) is 24.3. The smallest absolute Gasteiger partial charge is 0.251 e. The molecular formula is C27H40N6O4S. The Bertz CT molecular complexity index is 1190. The summed E-state index contributed by atoms with van der Waals surface area (Å²) in [6, 6.07) is 3.37. The van der Waals surface area contributed by atoms with Crippen molar-refractivity contribution in [1.82, 2.24) is 25.1 Å². The molecule has 10 nitrogen and oxygen atoms in total. The highest BCUT2D eigenvalue weighted by atomic mass is 32.2. The number of ether oxygens (including phenoxy) is 3. The van der Waals surface area contributed by atoms with Gasteiger partial charge in [0.2, 0.25) is 5.75 Å². The maximum atomic E-state index is 13.1. The number of fused-ring (bicyclic) bond motifs is 1. The predicted octanol–water partition coefficient (Wildman–Crippen LogP) is 5.02. The molecule has 3 rings (SSSR count). The lowest BCUT2D eigenvalue weighted by Crippen LogP contribution is -2.27. The number of carbonyl (C=O) groups is 1. The molecule has 0 aliphatic rings. The molecule has 208 valence electrons. The second kappa shape index (κ2) is 14.1. The maximum Gasteiger partial charge on any atom is 0.251 e. The van der Waals surface area contributed by atoms with Crippen LogP contribution in [0.3, 0.4) is 0 Å². The Morgan fingerprint density at radius 3 is 2.24 bits per heavy atom.